The van der Waals surface area contributed by atoms with Crippen LogP contribution in [0.1, 0.15) is 19.4 Å². The molecular formula is C17H20ClNO2. The average Bonchev–Trinajstić information content (AvgIpc) is 2.47. The molecule has 0 amide bonds. The summed E-state index contributed by atoms with van der Waals surface area (Å²) in [6.45, 7) is 4.96. The molecule has 1 N–H and O–H groups in total. The maximum absolute atomic E-state index is 6.07. The standard InChI is InChI=1S/C17H20ClNO2/c1-12(2)19-11-13-4-5-14(18)10-17(13)21-16-8-6-15(20-3)7-9-16/h4-10,12,19H,11H2,1-3H3. The monoisotopic (exact) mass is 305 g/mol. The zero-order valence-electron chi connectivity index (χ0n) is 12.5. The van der Waals surface area contributed by atoms with Gasteiger partial charge in [-0.1, -0.05) is 31.5 Å². The molecule has 4 heteroatoms. The van der Waals surface area contributed by atoms with Crippen LogP contribution in [0.15, 0.2) is 42.5 Å². The van der Waals surface area contributed by atoms with Crippen LogP contribution in [-0.2, 0) is 6.54 Å². The average molecular weight is 306 g/mol. The maximum Gasteiger partial charge on any atom is 0.133 e. The molecular weight excluding hydrogens is 286 g/mol. The van der Waals surface area contributed by atoms with Crippen LogP contribution in [0.2, 0.25) is 5.02 Å². The van der Waals surface area contributed by atoms with E-state index in [1.807, 2.05) is 42.5 Å². The third kappa shape index (κ3) is 4.66. The van der Waals surface area contributed by atoms with Crippen molar-refractivity contribution in [1.29, 1.82) is 0 Å². The third-order valence-electron chi connectivity index (χ3n) is 3.02. The molecule has 0 unspecified atom stereocenters. The Labute approximate surface area is 130 Å². The first-order valence-corrected chi connectivity index (χ1v) is 7.30. The number of halogens is 1. The van der Waals surface area contributed by atoms with Crippen LogP contribution >= 0.6 is 11.6 Å². The van der Waals surface area contributed by atoms with E-state index in [9.17, 15) is 0 Å². The van der Waals surface area contributed by atoms with E-state index in [-0.39, 0.29) is 0 Å². The number of hydrogen-bond acceptors (Lipinski definition) is 3. The fourth-order valence-electron chi connectivity index (χ4n) is 1.85. The number of benzene rings is 2. The highest BCUT2D eigenvalue weighted by Crippen LogP contribution is 2.29. The van der Waals surface area contributed by atoms with Gasteiger partial charge in [0, 0.05) is 23.2 Å². The SMILES string of the molecule is COc1ccc(Oc2cc(Cl)ccc2CNC(C)C)cc1. The van der Waals surface area contributed by atoms with Gasteiger partial charge in [-0.2, -0.15) is 0 Å². The summed E-state index contributed by atoms with van der Waals surface area (Å²) in [6, 6.07) is 13.6. The summed E-state index contributed by atoms with van der Waals surface area (Å²) in [7, 11) is 1.64. The first kappa shape index (κ1) is 15.7. The lowest BCUT2D eigenvalue weighted by molar-refractivity contribution is 0.412. The lowest BCUT2D eigenvalue weighted by Gasteiger charge is -2.14. The lowest BCUT2D eigenvalue weighted by atomic mass is 10.2. The molecule has 0 aliphatic rings. The summed E-state index contributed by atoms with van der Waals surface area (Å²) < 4.78 is 11.1. The third-order valence-corrected chi connectivity index (χ3v) is 3.25. The largest absolute Gasteiger partial charge is 0.497 e. The predicted molar refractivity (Wildman–Crippen MR) is 86.5 cm³/mol. The molecule has 112 valence electrons. The van der Waals surface area contributed by atoms with Gasteiger partial charge < -0.3 is 14.8 Å². The van der Waals surface area contributed by atoms with E-state index >= 15 is 0 Å². The summed E-state index contributed by atoms with van der Waals surface area (Å²) in [5.74, 6) is 2.32. The van der Waals surface area contributed by atoms with E-state index in [0.717, 1.165) is 29.4 Å². The molecule has 0 aromatic heterocycles. The van der Waals surface area contributed by atoms with E-state index < -0.39 is 0 Å². The first-order chi connectivity index (χ1) is 10.1. The van der Waals surface area contributed by atoms with Crippen LogP contribution in [-0.4, -0.2) is 13.2 Å². The second-order valence-corrected chi connectivity index (χ2v) is 5.50. The molecule has 0 spiro atoms. The molecule has 0 radical (unpaired) electrons. The number of nitrogens with one attached hydrogen (secondary N) is 1. The number of ether oxygens (including phenoxy) is 2. The van der Waals surface area contributed by atoms with E-state index in [1.165, 1.54) is 0 Å². The molecule has 0 heterocycles. The van der Waals surface area contributed by atoms with Crippen molar-refractivity contribution in [3.05, 3.63) is 53.1 Å². The van der Waals surface area contributed by atoms with Gasteiger partial charge in [0.25, 0.3) is 0 Å². The van der Waals surface area contributed by atoms with Gasteiger partial charge in [0.15, 0.2) is 0 Å². The van der Waals surface area contributed by atoms with Gasteiger partial charge in [0.05, 0.1) is 7.11 Å². The first-order valence-electron chi connectivity index (χ1n) is 6.92. The molecule has 0 saturated heterocycles. The molecule has 0 fully saturated rings. The normalized spacial score (nSPS) is 10.7. The predicted octanol–water partition coefficient (Wildman–Crippen LogP) is 4.64. The van der Waals surface area contributed by atoms with Gasteiger partial charge in [-0.3, -0.25) is 0 Å². The van der Waals surface area contributed by atoms with Gasteiger partial charge in [-0.15, -0.1) is 0 Å². The topological polar surface area (TPSA) is 30.5 Å². The van der Waals surface area contributed by atoms with Crippen molar-refractivity contribution in [1.82, 2.24) is 5.32 Å². The molecule has 21 heavy (non-hydrogen) atoms. The minimum Gasteiger partial charge on any atom is -0.497 e. The fraction of sp³-hybridized carbons (Fsp3) is 0.294. The Morgan fingerprint density at radius 2 is 1.71 bits per heavy atom. The molecule has 0 saturated carbocycles. The molecule has 2 aromatic rings. The van der Waals surface area contributed by atoms with Crippen LogP contribution in [0.25, 0.3) is 0 Å². The van der Waals surface area contributed by atoms with Crippen LogP contribution in [0.3, 0.4) is 0 Å². The minimum absolute atomic E-state index is 0.412. The van der Waals surface area contributed by atoms with Gasteiger partial charge in [-0.05, 0) is 36.4 Å². The minimum atomic E-state index is 0.412. The van der Waals surface area contributed by atoms with Crippen LogP contribution in [0, 0.1) is 0 Å². The molecule has 0 aliphatic heterocycles. The highest BCUT2D eigenvalue weighted by Gasteiger charge is 2.07. The van der Waals surface area contributed by atoms with Crippen LogP contribution < -0.4 is 14.8 Å². The molecule has 0 atom stereocenters. The Balaban J connectivity index is 2.18. The van der Waals surface area contributed by atoms with Crippen molar-refractivity contribution in [3.63, 3.8) is 0 Å². The van der Waals surface area contributed by atoms with Gasteiger partial charge in [0.1, 0.15) is 17.2 Å². The number of hydrogen-bond donors (Lipinski definition) is 1. The Morgan fingerprint density at radius 1 is 1.05 bits per heavy atom. The highest BCUT2D eigenvalue weighted by atomic mass is 35.5. The van der Waals surface area contributed by atoms with Crippen molar-refractivity contribution >= 4 is 11.6 Å². The van der Waals surface area contributed by atoms with Crippen molar-refractivity contribution in [2.75, 3.05) is 7.11 Å². The molecule has 2 aromatic carbocycles. The fourth-order valence-corrected chi connectivity index (χ4v) is 2.02. The van der Waals surface area contributed by atoms with Crippen molar-refractivity contribution in [2.24, 2.45) is 0 Å². The van der Waals surface area contributed by atoms with Crippen molar-refractivity contribution in [3.8, 4) is 17.2 Å². The zero-order chi connectivity index (χ0) is 15.2. The van der Waals surface area contributed by atoms with E-state index in [0.29, 0.717) is 11.1 Å². The Hall–Kier alpha value is -1.71. The molecule has 2 rings (SSSR count). The van der Waals surface area contributed by atoms with E-state index in [4.69, 9.17) is 21.1 Å². The summed E-state index contributed by atoms with van der Waals surface area (Å²) in [5.41, 5.74) is 1.07. The second kappa shape index (κ2) is 7.34. The van der Waals surface area contributed by atoms with Gasteiger partial charge in [0.2, 0.25) is 0 Å². The summed E-state index contributed by atoms with van der Waals surface area (Å²) >= 11 is 6.07. The van der Waals surface area contributed by atoms with E-state index in [2.05, 4.69) is 19.2 Å². The summed E-state index contributed by atoms with van der Waals surface area (Å²) in [6.07, 6.45) is 0. The Bertz CT molecular complexity index is 582. The highest BCUT2D eigenvalue weighted by molar-refractivity contribution is 6.30. The quantitative estimate of drug-likeness (QED) is 0.843. The van der Waals surface area contributed by atoms with Gasteiger partial charge >= 0.3 is 0 Å². The lowest BCUT2D eigenvalue weighted by Crippen LogP contribution is -2.22. The maximum atomic E-state index is 6.07. The number of methoxy groups -OCH3 is 1. The molecule has 0 bridgehead atoms. The molecule has 0 aliphatic carbocycles. The van der Waals surface area contributed by atoms with Crippen LogP contribution in [0.4, 0.5) is 0 Å². The smallest absolute Gasteiger partial charge is 0.133 e. The van der Waals surface area contributed by atoms with E-state index in [1.54, 1.807) is 7.11 Å². The summed E-state index contributed by atoms with van der Waals surface area (Å²) in [5, 5.41) is 4.04. The van der Waals surface area contributed by atoms with Crippen molar-refractivity contribution < 1.29 is 9.47 Å². The van der Waals surface area contributed by atoms with Crippen molar-refractivity contribution in [2.45, 2.75) is 26.4 Å². The Morgan fingerprint density at radius 3 is 2.33 bits per heavy atom. The summed E-state index contributed by atoms with van der Waals surface area (Å²) in [4.78, 5) is 0. The van der Waals surface area contributed by atoms with Crippen LogP contribution in [0.5, 0.6) is 17.2 Å². The second-order valence-electron chi connectivity index (χ2n) is 5.07. The van der Waals surface area contributed by atoms with Gasteiger partial charge in [-0.25, -0.2) is 0 Å². The number of rotatable bonds is 6. The Kier molecular flexibility index (Phi) is 5.48. The molecule has 3 nitrogen and oxygen atoms in total. The zero-order valence-corrected chi connectivity index (χ0v) is 13.3.